The summed E-state index contributed by atoms with van der Waals surface area (Å²) in [7, 11) is 0. The number of ketones is 1. The molecule has 1 amide bonds. The fourth-order valence-corrected chi connectivity index (χ4v) is 4.86. The summed E-state index contributed by atoms with van der Waals surface area (Å²) < 4.78 is 0. The Bertz CT molecular complexity index is 1250. The van der Waals surface area contributed by atoms with Crippen LogP contribution in [0.4, 0.5) is 0 Å². The van der Waals surface area contributed by atoms with E-state index in [2.05, 4.69) is 22.4 Å². The summed E-state index contributed by atoms with van der Waals surface area (Å²) >= 11 is 3.13. The molecular formula is C27H27N3O2S3. The Balaban J connectivity index is 0.00000342. The van der Waals surface area contributed by atoms with Crippen LogP contribution in [0.15, 0.2) is 84.5 Å². The minimum atomic E-state index is -0.539. The van der Waals surface area contributed by atoms with Crippen molar-refractivity contribution in [3.8, 4) is 22.4 Å². The standard InChI is InChI=1S/C27H25N3O2S2.H2S/c1-33-15-12-23(30-27(32)20-6-3-2-4-7-20)25(31)17-26-29-24(18-34-26)22-9-5-8-21(16-22)19-10-13-28-14-11-19;/h2-11,13-14,16,18,23H,12,15,17H2,1H3,(H,30,32);1H2/t23-;/m0./s1. The van der Waals surface area contributed by atoms with E-state index in [0.717, 1.165) is 33.1 Å². The fourth-order valence-electron chi connectivity index (χ4n) is 3.58. The van der Waals surface area contributed by atoms with Gasteiger partial charge in [-0.3, -0.25) is 14.6 Å². The highest BCUT2D eigenvalue weighted by Gasteiger charge is 2.22. The number of hydrogen-bond acceptors (Lipinski definition) is 6. The van der Waals surface area contributed by atoms with Crippen LogP contribution in [-0.2, 0) is 11.2 Å². The molecule has 0 unspecified atom stereocenters. The summed E-state index contributed by atoms with van der Waals surface area (Å²) in [6.45, 7) is 0. The average molecular weight is 522 g/mol. The van der Waals surface area contributed by atoms with Gasteiger partial charge in [-0.05, 0) is 59.9 Å². The molecule has 1 N–H and O–H groups in total. The molecular weight excluding hydrogens is 495 g/mol. The molecule has 0 saturated carbocycles. The Morgan fingerprint density at radius 1 is 0.971 bits per heavy atom. The van der Waals surface area contributed by atoms with Crippen molar-refractivity contribution in [2.24, 2.45) is 0 Å². The number of rotatable bonds is 10. The first-order valence-corrected chi connectivity index (χ1v) is 13.2. The maximum atomic E-state index is 13.1. The van der Waals surface area contributed by atoms with Crippen molar-refractivity contribution in [2.75, 3.05) is 12.0 Å². The topological polar surface area (TPSA) is 72.0 Å². The third-order valence-corrected chi connectivity index (χ3v) is 6.88. The van der Waals surface area contributed by atoms with Crippen LogP contribution in [0.2, 0.25) is 0 Å². The van der Waals surface area contributed by atoms with Gasteiger partial charge in [-0.15, -0.1) is 11.3 Å². The van der Waals surface area contributed by atoms with Gasteiger partial charge in [-0.2, -0.15) is 25.3 Å². The van der Waals surface area contributed by atoms with Crippen LogP contribution in [0, 0.1) is 0 Å². The Kier molecular flexibility index (Phi) is 10.1. The van der Waals surface area contributed by atoms with E-state index in [1.54, 1.807) is 36.3 Å². The first-order chi connectivity index (χ1) is 16.6. The zero-order chi connectivity index (χ0) is 23.8. The van der Waals surface area contributed by atoms with Gasteiger partial charge in [0.15, 0.2) is 5.78 Å². The molecule has 35 heavy (non-hydrogen) atoms. The van der Waals surface area contributed by atoms with Gasteiger partial charge in [-0.25, -0.2) is 4.98 Å². The maximum absolute atomic E-state index is 13.1. The second kappa shape index (κ2) is 13.2. The third-order valence-electron chi connectivity index (χ3n) is 5.39. The quantitative estimate of drug-likeness (QED) is 0.292. The van der Waals surface area contributed by atoms with Crippen LogP contribution in [0.1, 0.15) is 21.8 Å². The molecule has 0 radical (unpaired) electrons. The highest BCUT2D eigenvalue weighted by atomic mass is 32.2. The molecule has 2 aromatic carbocycles. The number of carbonyl (C=O) groups excluding carboxylic acids is 2. The number of nitrogens with one attached hydrogen (secondary N) is 1. The van der Waals surface area contributed by atoms with Crippen molar-refractivity contribution in [2.45, 2.75) is 18.9 Å². The van der Waals surface area contributed by atoms with E-state index in [4.69, 9.17) is 4.98 Å². The Morgan fingerprint density at radius 2 is 1.71 bits per heavy atom. The van der Waals surface area contributed by atoms with Crippen molar-refractivity contribution in [1.29, 1.82) is 0 Å². The van der Waals surface area contributed by atoms with E-state index in [9.17, 15) is 9.59 Å². The van der Waals surface area contributed by atoms with Gasteiger partial charge in [0.2, 0.25) is 0 Å². The minimum Gasteiger partial charge on any atom is -0.342 e. The molecule has 0 aliphatic heterocycles. The number of thiazole rings is 1. The molecule has 0 saturated heterocycles. The summed E-state index contributed by atoms with van der Waals surface area (Å²) in [6.07, 6.45) is 6.33. The fraction of sp³-hybridized carbons (Fsp3) is 0.185. The van der Waals surface area contributed by atoms with Crippen molar-refractivity contribution in [3.05, 3.63) is 95.1 Å². The lowest BCUT2D eigenvalue weighted by Crippen LogP contribution is -2.42. The van der Waals surface area contributed by atoms with Crippen LogP contribution >= 0.6 is 36.6 Å². The Labute approximate surface area is 220 Å². The van der Waals surface area contributed by atoms with Crippen LogP contribution < -0.4 is 5.32 Å². The van der Waals surface area contributed by atoms with E-state index >= 15 is 0 Å². The predicted octanol–water partition coefficient (Wildman–Crippen LogP) is 5.65. The normalized spacial score (nSPS) is 11.3. The molecule has 0 fully saturated rings. The van der Waals surface area contributed by atoms with Gasteiger partial charge in [0.25, 0.3) is 5.91 Å². The summed E-state index contributed by atoms with van der Waals surface area (Å²) in [6, 6.07) is 20.6. The van der Waals surface area contributed by atoms with E-state index in [1.807, 2.05) is 54.1 Å². The Hall–Kier alpha value is -2.94. The average Bonchev–Trinajstić information content (AvgIpc) is 3.36. The second-order valence-corrected chi connectivity index (χ2v) is 9.69. The number of hydrogen-bond donors (Lipinski definition) is 1. The van der Waals surface area contributed by atoms with Crippen molar-refractivity contribution in [1.82, 2.24) is 15.3 Å². The van der Waals surface area contributed by atoms with Crippen LogP contribution in [0.3, 0.4) is 0 Å². The lowest BCUT2D eigenvalue weighted by molar-refractivity contribution is -0.120. The Morgan fingerprint density at radius 3 is 2.46 bits per heavy atom. The third kappa shape index (κ3) is 7.27. The van der Waals surface area contributed by atoms with E-state index < -0.39 is 6.04 Å². The van der Waals surface area contributed by atoms with Gasteiger partial charge in [0, 0.05) is 28.9 Å². The van der Waals surface area contributed by atoms with Crippen molar-refractivity contribution < 1.29 is 9.59 Å². The van der Waals surface area contributed by atoms with Crippen LogP contribution in [0.5, 0.6) is 0 Å². The number of amides is 1. The van der Waals surface area contributed by atoms with E-state index in [-0.39, 0.29) is 31.6 Å². The van der Waals surface area contributed by atoms with Gasteiger partial charge in [-0.1, -0.05) is 36.4 Å². The lowest BCUT2D eigenvalue weighted by Gasteiger charge is -2.17. The predicted molar refractivity (Wildman–Crippen MR) is 151 cm³/mol. The highest BCUT2D eigenvalue weighted by molar-refractivity contribution is 7.98. The first kappa shape index (κ1) is 26.7. The molecule has 4 aromatic rings. The molecule has 5 nitrogen and oxygen atoms in total. The largest absolute Gasteiger partial charge is 0.342 e. The lowest BCUT2D eigenvalue weighted by atomic mass is 10.0. The molecule has 0 spiro atoms. The number of Topliss-reactive ketones (excluding diaryl/α,β-unsaturated/α-hetero) is 1. The molecule has 1 atom stereocenters. The highest BCUT2D eigenvalue weighted by Crippen LogP contribution is 2.27. The molecule has 2 aromatic heterocycles. The number of nitrogens with zero attached hydrogens (tertiary/aromatic N) is 2. The number of thioether (sulfide) groups is 1. The number of benzene rings is 2. The zero-order valence-electron chi connectivity index (χ0n) is 19.3. The number of carbonyl (C=O) groups is 2. The smallest absolute Gasteiger partial charge is 0.251 e. The molecule has 4 rings (SSSR count). The maximum Gasteiger partial charge on any atom is 0.251 e. The number of pyridine rings is 1. The minimum absolute atomic E-state index is 0. The van der Waals surface area contributed by atoms with Crippen molar-refractivity contribution in [3.63, 3.8) is 0 Å². The van der Waals surface area contributed by atoms with Crippen molar-refractivity contribution >= 4 is 48.3 Å². The van der Waals surface area contributed by atoms with Crippen LogP contribution in [0.25, 0.3) is 22.4 Å². The monoisotopic (exact) mass is 521 g/mol. The summed E-state index contributed by atoms with van der Waals surface area (Å²) in [5.41, 5.74) is 4.58. The molecule has 8 heteroatoms. The molecule has 0 bridgehead atoms. The van der Waals surface area contributed by atoms with Gasteiger partial charge in [0.05, 0.1) is 18.2 Å². The summed E-state index contributed by atoms with van der Waals surface area (Å²) in [5, 5.41) is 5.65. The molecule has 0 aliphatic rings. The first-order valence-electron chi connectivity index (χ1n) is 11.0. The molecule has 180 valence electrons. The van der Waals surface area contributed by atoms with Gasteiger partial charge in [0.1, 0.15) is 5.01 Å². The second-order valence-electron chi connectivity index (χ2n) is 7.76. The van der Waals surface area contributed by atoms with E-state index in [0.29, 0.717) is 12.0 Å². The van der Waals surface area contributed by atoms with Gasteiger partial charge < -0.3 is 5.32 Å². The zero-order valence-corrected chi connectivity index (χ0v) is 21.9. The number of aromatic nitrogens is 2. The molecule has 2 heterocycles. The summed E-state index contributed by atoms with van der Waals surface area (Å²) in [5.74, 6) is 0.536. The summed E-state index contributed by atoms with van der Waals surface area (Å²) in [4.78, 5) is 34.5. The van der Waals surface area contributed by atoms with Crippen LogP contribution in [-0.4, -0.2) is 39.7 Å². The van der Waals surface area contributed by atoms with Gasteiger partial charge >= 0.3 is 0 Å². The van der Waals surface area contributed by atoms with E-state index in [1.165, 1.54) is 11.3 Å². The molecule has 0 aliphatic carbocycles. The SMILES string of the molecule is CSCC[C@H](NC(=O)c1ccccc1)C(=O)Cc1nc(-c2cccc(-c3ccncc3)c2)cs1.S.